The summed E-state index contributed by atoms with van der Waals surface area (Å²) in [5.74, 6) is 1.96. The van der Waals surface area contributed by atoms with Crippen molar-refractivity contribution in [3.8, 4) is 0 Å². The quantitative estimate of drug-likeness (QED) is 0.463. The summed E-state index contributed by atoms with van der Waals surface area (Å²) in [5.41, 5.74) is 5.30. The lowest BCUT2D eigenvalue weighted by molar-refractivity contribution is 0.370. The van der Waals surface area contributed by atoms with Crippen molar-refractivity contribution < 1.29 is 0 Å². The first kappa shape index (κ1) is 12.5. The Labute approximate surface area is 82.4 Å². The lowest BCUT2D eigenvalue weighted by Gasteiger charge is -2.16. The average Bonchev–Trinajstić information content (AvgIpc) is 2.01. The zero-order valence-electron chi connectivity index (χ0n) is 9.27. The molecule has 2 heteroatoms. The largest absolute Gasteiger partial charge is 0.388 e. The Hall–Kier alpha value is -0.530. The predicted octanol–water partition coefficient (Wildman–Crippen LogP) is 3.16. The Morgan fingerprint density at radius 3 is 2.38 bits per heavy atom. The van der Waals surface area contributed by atoms with E-state index in [4.69, 9.17) is 11.1 Å². The second-order valence-corrected chi connectivity index (χ2v) is 4.32. The summed E-state index contributed by atoms with van der Waals surface area (Å²) in [6, 6.07) is 0. The molecule has 0 spiro atoms. The highest BCUT2D eigenvalue weighted by atomic mass is 14.7. The van der Waals surface area contributed by atoms with Gasteiger partial charge in [-0.05, 0) is 24.7 Å². The maximum Gasteiger partial charge on any atom is 0.0905 e. The van der Waals surface area contributed by atoms with Gasteiger partial charge in [-0.15, -0.1) is 0 Å². The highest BCUT2D eigenvalue weighted by molar-refractivity contribution is 5.76. The van der Waals surface area contributed by atoms with Gasteiger partial charge in [0.05, 0.1) is 5.84 Å². The number of nitrogens with two attached hydrogens (primary N) is 1. The summed E-state index contributed by atoms with van der Waals surface area (Å²) >= 11 is 0. The molecule has 1 atom stereocenters. The first-order valence-electron chi connectivity index (χ1n) is 5.39. The van der Waals surface area contributed by atoms with E-state index in [2.05, 4.69) is 20.8 Å². The number of hydrogen-bond acceptors (Lipinski definition) is 1. The lowest BCUT2D eigenvalue weighted by atomic mass is 9.90. The molecule has 0 saturated heterocycles. The van der Waals surface area contributed by atoms with Crippen LogP contribution < -0.4 is 5.73 Å². The average molecular weight is 184 g/mol. The van der Waals surface area contributed by atoms with Gasteiger partial charge in [0.25, 0.3) is 0 Å². The van der Waals surface area contributed by atoms with E-state index in [0.29, 0.717) is 5.84 Å². The van der Waals surface area contributed by atoms with Crippen LogP contribution in [0.1, 0.15) is 52.9 Å². The number of amidine groups is 1. The molecule has 0 saturated carbocycles. The number of nitrogens with one attached hydrogen (secondary N) is 1. The molecule has 0 bridgehead atoms. The van der Waals surface area contributed by atoms with Gasteiger partial charge >= 0.3 is 0 Å². The number of hydrogen-bond donors (Lipinski definition) is 2. The van der Waals surface area contributed by atoms with E-state index in [-0.39, 0.29) is 0 Å². The molecule has 0 heterocycles. The van der Waals surface area contributed by atoms with Crippen molar-refractivity contribution in [1.29, 1.82) is 5.41 Å². The molecule has 0 radical (unpaired) electrons. The van der Waals surface area contributed by atoms with Crippen LogP contribution >= 0.6 is 0 Å². The van der Waals surface area contributed by atoms with Crippen molar-refractivity contribution in [2.75, 3.05) is 0 Å². The van der Waals surface area contributed by atoms with E-state index in [0.717, 1.165) is 24.7 Å². The van der Waals surface area contributed by atoms with Crippen molar-refractivity contribution in [3.63, 3.8) is 0 Å². The summed E-state index contributed by atoms with van der Waals surface area (Å²) in [4.78, 5) is 0. The minimum atomic E-state index is 0.333. The first-order chi connectivity index (χ1) is 6.06. The lowest BCUT2D eigenvalue weighted by Crippen LogP contribution is -2.10. The normalized spacial score (nSPS) is 13.2. The second-order valence-electron chi connectivity index (χ2n) is 4.32. The van der Waals surface area contributed by atoms with Gasteiger partial charge in [0, 0.05) is 6.42 Å². The molecular weight excluding hydrogens is 160 g/mol. The van der Waals surface area contributed by atoms with Gasteiger partial charge < -0.3 is 5.73 Å². The zero-order chi connectivity index (χ0) is 10.3. The summed E-state index contributed by atoms with van der Waals surface area (Å²) in [6.45, 7) is 6.79. The highest BCUT2D eigenvalue weighted by Gasteiger charge is 2.08. The third-order valence-corrected chi connectivity index (χ3v) is 2.44. The predicted molar refractivity (Wildman–Crippen MR) is 59.0 cm³/mol. The van der Waals surface area contributed by atoms with E-state index in [1.165, 1.54) is 19.3 Å². The third kappa shape index (κ3) is 7.82. The fourth-order valence-electron chi connectivity index (χ4n) is 1.74. The Kier molecular flexibility index (Phi) is 6.65. The van der Waals surface area contributed by atoms with Crippen molar-refractivity contribution in [2.45, 2.75) is 52.9 Å². The van der Waals surface area contributed by atoms with Crippen molar-refractivity contribution >= 4 is 5.84 Å². The molecular formula is C11H24N2. The topological polar surface area (TPSA) is 49.9 Å². The summed E-state index contributed by atoms with van der Waals surface area (Å²) in [6.07, 6.45) is 5.66. The van der Waals surface area contributed by atoms with Gasteiger partial charge in [0.2, 0.25) is 0 Å². The molecule has 0 aromatic carbocycles. The molecule has 3 N–H and O–H groups in total. The molecule has 1 unspecified atom stereocenters. The van der Waals surface area contributed by atoms with Gasteiger partial charge in [0.15, 0.2) is 0 Å². The van der Waals surface area contributed by atoms with Crippen LogP contribution in [0.25, 0.3) is 0 Å². The fraction of sp³-hybridized carbons (Fsp3) is 0.909. The van der Waals surface area contributed by atoms with Crippen LogP contribution in [0.5, 0.6) is 0 Å². The van der Waals surface area contributed by atoms with Crippen LogP contribution in [0.4, 0.5) is 0 Å². The molecule has 78 valence electrons. The molecule has 0 aliphatic rings. The maximum absolute atomic E-state index is 7.12. The molecule has 0 amide bonds. The maximum atomic E-state index is 7.12. The highest BCUT2D eigenvalue weighted by Crippen LogP contribution is 2.20. The molecule has 0 aromatic rings. The van der Waals surface area contributed by atoms with Crippen LogP contribution in [-0.2, 0) is 0 Å². The van der Waals surface area contributed by atoms with Crippen LogP contribution in [0.3, 0.4) is 0 Å². The first-order valence-corrected chi connectivity index (χ1v) is 5.39. The summed E-state index contributed by atoms with van der Waals surface area (Å²) in [7, 11) is 0. The molecule has 0 rings (SSSR count). The fourth-order valence-corrected chi connectivity index (χ4v) is 1.74. The van der Waals surface area contributed by atoms with Crippen molar-refractivity contribution in [3.05, 3.63) is 0 Å². The monoisotopic (exact) mass is 184 g/mol. The van der Waals surface area contributed by atoms with Crippen LogP contribution in [0.15, 0.2) is 0 Å². The third-order valence-electron chi connectivity index (χ3n) is 2.44. The van der Waals surface area contributed by atoms with E-state index >= 15 is 0 Å². The Morgan fingerprint density at radius 2 is 2.00 bits per heavy atom. The molecule has 13 heavy (non-hydrogen) atoms. The van der Waals surface area contributed by atoms with Crippen LogP contribution in [-0.4, -0.2) is 5.84 Å². The van der Waals surface area contributed by atoms with Crippen molar-refractivity contribution in [1.82, 2.24) is 0 Å². The van der Waals surface area contributed by atoms with Gasteiger partial charge in [-0.2, -0.15) is 0 Å². The van der Waals surface area contributed by atoms with Gasteiger partial charge in [-0.25, -0.2) is 0 Å². The molecule has 0 aliphatic carbocycles. The van der Waals surface area contributed by atoms with Gasteiger partial charge in [-0.3, -0.25) is 5.41 Å². The van der Waals surface area contributed by atoms with Gasteiger partial charge in [-0.1, -0.05) is 33.6 Å². The van der Waals surface area contributed by atoms with Gasteiger partial charge in [0.1, 0.15) is 0 Å². The molecule has 0 aliphatic heterocycles. The molecule has 0 aromatic heterocycles. The Bertz CT molecular complexity index is 141. The van der Waals surface area contributed by atoms with E-state index in [1.807, 2.05) is 0 Å². The zero-order valence-corrected chi connectivity index (χ0v) is 9.27. The van der Waals surface area contributed by atoms with Crippen LogP contribution in [0, 0.1) is 17.2 Å². The molecule has 2 nitrogen and oxygen atoms in total. The van der Waals surface area contributed by atoms with E-state index in [1.54, 1.807) is 0 Å². The van der Waals surface area contributed by atoms with E-state index in [9.17, 15) is 0 Å². The second kappa shape index (κ2) is 6.93. The van der Waals surface area contributed by atoms with Crippen molar-refractivity contribution in [2.24, 2.45) is 17.6 Å². The Balaban J connectivity index is 3.53. The summed E-state index contributed by atoms with van der Waals surface area (Å²) in [5, 5.41) is 7.12. The smallest absolute Gasteiger partial charge is 0.0905 e. The SMILES string of the molecule is CCC(CCCC(=N)N)CC(C)C. The standard InChI is InChI=1S/C11H24N2/c1-4-10(8-9(2)3)6-5-7-11(12)13/h9-10H,4-8H2,1-3H3,(H3,12,13). The summed E-state index contributed by atoms with van der Waals surface area (Å²) < 4.78 is 0. The Morgan fingerprint density at radius 1 is 1.38 bits per heavy atom. The minimum Gasteiger partial charge on any atom is -0.388 e. The minimum absolute atomic E-state index is 0.333. The van der Waals surface area contributed by atoms with E-state index < -0.39 is 0 Å². The van der Waals surface area contributed by atoms with Crippen LogP contribution in [0.2, 0.25) is 0 Å². The number of rotatable bonds is 7. The molecule has 0 fully saturated rings.